The fraction of sp³-hybridized carbons (Fsp3) is 0.417. The Bertz CT molecular complexity index is 631. The quantitative estimate of drug-likeness (QED) is 0.869. The van der Waals surface area contributed by atoms with Gasteiger partial charge in [0.1, 0.15) is 0 Å². The Morgan fingerprint density at radius 1 is 1.45 bits per heavy atom. The summed E-state index contributed by atoms with van der Waals surface area (Å²) in [6.07, 6.45) is 1.29. The van der Waals surface area contributed by atoms with Gasteiger partial charge in [-0.05, 0) is 31.0 Å². The predicted octanol–water partition coefficient (Wildman–Crippen LogP) is 1.18. The lowest BCUT2D eigenvalue weighted by atomic mass is 10.2. The summed E-state index contributed by atoms with van der Waals surface area (Å²) in [6.45, 7) is 0.103. The fourth-order valence-electron chi connectivity index (χ4n) is 2.27. The highest BCUT2D eigenvalue weighted by Crippen LogP contribution is 2.28. The van der Waals surface area contributed by atoms with E-state index >= 15 is 0 Å². The van der Waals surface area contributed by atoms with Gasteiger partial charge in [-0.15, -0.1) is 0 Å². The second kappa shape index (κ2) is 5.69. The number of aromatic carboxylic acids is 1. The van der Waals surface area contributed by atoms with Crippen LogP contribution in [0.1, 0.15) is 23.2 Å². The Balaban J connectivity index is 2.40. The molecular weight excluding hydrogens is 306 g/mol. The zero-order valence-electron chi connectivity index (χ0n) is 10.5. The lowest BCUT2D eigenvalue weighted by molar-refractivity contribution is 0.0697. The minimum Gasteiger partial charge on any atom is -0.478 e. The zero-order valence-corrected chi connectivity index (χ0v) is 12.1. The summed E-state index contributed by atoms with van der Waals surface area (Å²) in [6, 6.07) is 3.09. The first-order valence-electron chi connectivity index (χ1n) is 6.03. The van der Waals surface area contributed by atoms with Crippen LogP contribution in [0, 0.1) is 0 Å². The summed E-state index contributed by atoms with van der Waals surface area (Å²) in [5.74, 6) is -1.21. The minimum absolute atomic E-state index is 0.0622. The number of hydrogen-bond acceptors (Lipinski definition) is 4. The second-order valence-corrected chi connectivity index (χ2v) is 6.84. The largest absolute Gasteiger partial charge is 0.478 e. The molecule has 2 N–H and O–H groups in total. The smallest absolute Gasteiger partial charge is 0.337 e. The molecule has 1 fully saturated rings. The summed E-state index contributed by atoms with van der Waals surface area (Å²) in [7, 11) is -3.77. The zero-order chi connectivity index (χ0) is 14.9. The average Bonchev–Trinajstić information content (AvgIpc) is 2.87. The van der Waals surface area contributed by atoms with Gasteiger partial charge in [-0.1, -0.05) is 11.6 Å². The second-order valence-electron chi connectivity index (χ2n) is 4.54. The molecule has 1 heterocycles. The van der Waals surface area contributed by atoms with E-state index in [1.807, 2.05) is 0 Å². The van der Waals surface area contributed by atoms with Gasteiger partial charge >= 0.3 is 5.97 Å². The van der Waals surface area contributed by atoms with Gasteiger partial charge in [0.25, 0.3) is 0 Å². The lowest BCUT2D eigenvalue weighted by Crippen LogP contribution is -2.37. The van der Waals surface area contributed by atoms with Crippen LogP contribution in [0.2, 0.25) is 5.02 Å². The van der Waals surface area contributed by atoms with E-state index in [1.165, 1.54) is 16.4 Å². The van der Waals surface area contributed by atoms with E-state index in [-0.39, 0.29) is 22.1 Å². The summed E-state index contributed by atoms with van der Waals surface area (Å²) in [5.41, 5.74) is -0.147. The van der Waals surface area contributed by atoms with Crippen molar-refractivity contribution in [2.45, 2.75) is 23.8 Å². The van der Waals surface area contributed by atoms with Crippen LogP contribution in [0.4, 0.5) is 0 Å². The number of halogens is 1. The van der Waals surface area contributed by atoms with Crippen molar-refractivity contribution in [3.63, 3.8) is 0 Å². The summed E-state index contributed by atoms with van der Waals surface area (Å²) >= 11 is 5.79. The van der Waals surface area contributed by atoms with Gasteiger partial charge in [0.05, 0.1) is 22.1 Å². The number of benzene rings is 1. The van der Waals surface area contributed by atoms with Crippen LogP contribution in [0.3, 0.4) is 0 Å². The van der Waals surface area contributed by atoms with Crippen molar-refractivity contribution < 1.29 is 23.4 Å². The molecule has 110 valence electrons. The van der Waals surface area contributed by atoms with E-state index in [4.69, 9.17) is 16.7 Å². The number of carbonyl (C=O) groups is 1. The van der Waals surface area contributed by atoms with Gasteiger partial charge in [0, 0.05) is 12.6 Å². The number of aliphatic hydroxyl groups is 1. The third kappa shape index (κ3) is 2.67. The topological polar surface area (TPSA) is 94.9 Å². The van der Waals surface area contributed by atoms with Crippen LogP contribution in [0.15, 0.2) is 23.1 Å². The number of nitrogens with zero attached hydrogens (tertiary/aromatic N) is 1. The van der Waals surface area contributed by atoms with E-state index in [9.17, 15) is 18.3 Å². The van der Waals surface area contributed by atoms with Gasteiger partial charge in [-0.2, -0.15) is 4.31 Å². The Kier molecular flexibility index (Phi) is 4.33. The molecule has 1 aromatic rings. The van der Waals surface area contributed by atoms with Crippen LogP contribution in [0.25, 0.3) is 0 Å². The molecular formula is C12H14ClNO5S. The molecule has 0 unspecified atom stereocenters. The highest BCUT2D eigenvalue weighted by Gasteiger charge is 2.35. The third-order valence-corrected chi connectivity index (χ3v) is 5.57. The monoisotopic (exact) mass is 319 g/mol. The van der Waals surface area contributed by atoms with Crippen molar-refractivity contribution in [3.05, 3.63) is 28.8 Å². The maximum atomic E-state index is 12.4. The van der Waals surface area contributed by atoms with Gasteiger partial charge in [0.15, 0.2) is 0 Å². The Hall–Kier alpha value is -1.15. The molecule has 0 bridgehead atoms. The van der Waals surface area contributed by atoms with Gasteiger partial charge in [0.2, 0.25) is 10.0 Å². The van der Waals surface area contributed by atoms with E-state index in [2.05, 4.69) is 0 Å². The first kappa shape index (κ1) is 15.2. The number of carboxylic acid groups (broad SMARTS) is 1. The van der Waals surface area contributed by atoms with E-state index in [0.29, 0.717) is 19.4 Å². The van der Waals surface area contributed by atoms with E-state index in [1.54, 1.807) is 0 Å². The van der Waals surface area contributed by atoms with Crippen LogP contribution in [-0.4, -0.2) is 48.1 Å². The molecule has 1 saturated heterocycles. The first-order valence-corrected chi connectivity index (χ1v) is 7.85. The normalized spacial score (nSPS) is 20.2. The standard InChI is InChI=1S/C12H14ClNO5S/c13-11-6-9(3-4-10(11)12(16)17)20(18,19)14-5-1-2-8(14)7-15/h3-4,6,8,15H,1-2,5,7H2,(H,16,17)/t8-/m1/s1. The van der Waals surface area contributed by atoms with Crippen molar-refractivity contribution in [3.8, 4) is 0 Å². The van der Waals surface area contributed by atoms with Crippen LogP contribution in [-0.2, 0) is 10.0 Å². The molecule has 1 aromatic carbocycles. The van der Waals surface area contributed by atoms with E-state index < -0.39 is 22.0 Å². The predicted molar refractivity (Wildman–Crippen MR) is 72.4 cm³/mol. The van der Waals surface area contributed by atoms with Crippen molar-refractivity contribution in [1.29, 1.82) is 0 Å². The summed E-state index contributed by atoms with van der Waals surface area (Å²) < 4.78 is 26.1. The maximum Gasteiger partial charge on any atom is 0.337 e. The van der Waals surface area contributed by atoms with Gasteiger partial charge < -0.3 is 10.2 Å². The molecule has 2 rings (SSSR count). The number of aliphatic hydroxyl groups excluding tert-OH is 1. The molecule has 20 heavy (non-hydrogen) atoms. The lowest BCUT2D eigenvalue weighted by Gasteiger charge is -2.22. The van der Waals surface area contributed by atoms with Crippen molar-refractivity contribution in [2.75, 3.05) is 13.2 Å². The van der Waals surface area contributed by atoms with Crippen LogP contribution >= 0.6 is 11.6 Å². The Morgan fingerprint density at radius 2 is 2.15 bits per heavy atom. The molecule has 1 aliphatic heterocycles. The molecule has 0 aliphatic carbocycles. The molecule has 8 heteroatoms. The summed E-state index contributed by atoms with van der Waals surface area (Å²) in [5, 5.41) is 18.0. The number of rotatable bonds is 4. The van der Waals surface area contributed by atoms with Crippen LogP contribution in [0.5, 0.6) is 0 Å². The number of sulfonamides is 1. The van der Waals surface area contributed by atoms with Gasteiger partial charge in [-0.25, -0.2) is 13.2 Å². The Morgan fingerprint density at radius 3 is 2.70 bits per heavy atom. The molecule has 0 spiro atoms. The van der Waals surface area contributed by atoms with Crippen molar-refractivity contribution in [2.24, 2.45) is 0 Å². The number of hydrogen-bond donors (Lipinski definition) is 2. The number of carboxylic acids is 1. The van der Waals surface area contributed by atoms with E-state index in [0.717, 1.165) is 6.07 Å². The minimum atomic E-state index is -3.77. The Labute approximate surface area is 121 Å². The molecule has 0 saturated carbocycles. The van der Waals surface area contributed by atoms with Crippen LogP contribution < -0.4 is 0 Å². The fourth-order valence-corrected chi connectivity index (χ4v) is 4.31. The van der Waals surface area contributed by atoms with Crippen molar-refractivity contribution in [1.82, 2.24) is 4.31 Å². The first-order chi connectivity index (χ1) is 9.37. The SMILES string of the molecule is O=C(O)c1ccc(S(=O)(=O)N2CCC[C@@H]2CO)cc1Cl. The van der Waals surface area contributed by atoms with Crippen molar-refractivity contribution >= 4 is 27.6 Å². The average molecular weight is 320 g/mol. The molecule has 1 atom stereocenters. The van der Waals surface area contributed by atoms with Gasteiger partial charge in [-0.3, -0.25) is 0 Å². The molecule has 0 amide bonds. The summed E-state index contributed by atoms with van der Waals surface area (Å²) in [4.78, 5) is 10.8. The molecule has 0 aromatic heterocycles. The molecule has 1 aliphatic rings. The highest BCUT2D eigenvalue weighted by molar-refractivity contribution is 7.89. The molecule has 6 nitrogen and oxygen atoms in total. The molecule has 0 radical (unpaired) electrons. The highest BCUT2D eigenvalue weighted by atomic mass is 35.5. The maximum absolute atomic E-state index is 12.4. The third-order valence-electron chi connectivity index (χ3n) is 3.31.